The van der Waals surface area contributed by atoms with Crippen LogP contribution in [0.1, 0.15) is 36.0 Å². The van der Waals surface area contributed by atoms with Crippen molar-refractivity contribution >= 4 is 22.8 Å². The second kappa shape index (κ2) is 7.58. The molecule has 5 rings (SSSR count). The van der Waals surface area contributed by atoms with Crippen molar-refractivity contribution in [2.45, 2.75) is 31.7 Å². The van der Waals surface area contributed by atoms with Crippen LogP contribution in [-0.4, -0.2) is 39.8 Å². The number of benzene rings is 1. The lowest BCUT2D eigenvalue weighted by atomic mass is 9.61. The maximum absolute atomic E-state index is 14.9. The third-order valence-electron chi connectivity index (χ3n) is 6.83. The average molecular weight is 458 g/mol. The number of fused-ring (bicyclic) bond motifs is 1. The number of pyridine rings is 2. The summed E-state index contributed by atoms with van der Waals surface area (Å²) in [5.41, 5.74) is 4.23. The fraction of sp³-hybridized carbons (Fsp3) is 0.348. The molecule has 2 aliphatic rings. The molecule has 1 aromatic carbocycles. The first-order valence-corrected chi connectivity index (χ1v) is 10.6. The van der Waals surface area contributed by atoms with Crippen LogP contribution in [0.15, 0.2) is 35.3 Å². The molecule has 1 aliphatic carbocycles. The molecule has 0 atom stereocenters. The fourth-order valence-corrected chi connectivity index (χ4v) is 5.26. The Morgan fingerprint density at radius 3 is 2.42 bits per heavy atom. The van der Waals surface area contributed by atoms with Gasteiger partial charge in [-0.15, -0.1) is 0 Å². The molecule has 0 radical (unpaired) electrons. The highest BCUT2D eigenvalue weighted by Crippen LogP contribution is 2.49. The number of rotatable bonds is 3. The zero-order chi connectivity index (χ0) is 23.5. The number of hydrogen-bond donors (Lipinski definition) is 2. The van der Waals surface area contributed by atoms with Gasteiger partial charge in [0.05, 0.1) is 17.3 Å². The molecule has 172 valence electrons. The molecule has 2 fully saturated rings. The smallest absolute Gasteiger partial charge is 0.343 e. The predicted molar refractivity (Wildman–Crippen MR) is 115 cm³/mol. The van der Waals surface area contributed by atoms with Crippen LogP contribution < -0.4 is 16.1 Å². The van der Waals surface area contributed by atoms with E-state index in [1.807, 2.05) is 0 Å². The van der Waals surface area contributed by atoms with E-state index in [1.165, 1.54) is 4.57 Å². The van der Waals surface area contributed by atoms with Gasteiger partial charge in [0, 0.05) is 25.2 Å². The summed E-state index contributed by atoms with van der Waals surface area (Å²) in [6, 6.07) is 3.85. The third-order valence-corrected chi connectivity index (χ3v) is 6.83. The van der Waals surface area contributed by atoms with Crippen molar-refractivity contribution in [2.75, 3.05) is 18.0 Å². The van der Waals surface area contributed by atoms with Crippen molar-refractivity contribution in [1.82, 2.24) is 9.55 Å². The number of nitrogens with two attached hydrogens (primary N) is 1. The molecule has 0 amide bonds. The molecule has 1 saturated heterocycles. The summed E-state index contributed by atoms with van der Waals surface area (Å²) in [5.74, 6) is -4.20. The largest absolute Gasteiger partial charge is 0.477 e. The molecule has 3 N–H and O–H groups in total. The summed E-state index contributed by atoms with van der Waals surface area (Å²) in [7, 11) is 0. The van der Waals surface area contributed by atoms with Crippen molar-refractivity contribution in [2.24, 2.45) is 11.1 Å². The zero-order valence-corrected chi connectivity index (χ0v) is 17.5. The summed E-state index contributed by atoms with van der Waals surface area (Å²) in [6.45, 7) is 0.837. The average Bonchev–Trinajstić information content (AvgIpc) is 2.74. The van der Waals surface area contributed by atoms with Crippen molar-refractivity contribution in [3.63, 3.8) is 0 Å². The van der Waals surface area contributed by atoms with Crippen LogP contribution in [0.25, 0.3) is 16.7 Å². The van der Waals surface area contributed by atoms with Gasteiger partial charge in [0.15, 0.2) is 0 Å². The zero-order valence-electron chi connectivity index (χ0n) is 17.5. The predicted octanol–water partition coefficient (Wildman–Crippen LogP) is 3.21. The van der Waals surface area contributed by atoms with Crippen molar-refractivity contribution in [1.29, 1.82) is 0 Å². The van der Waals surface area contributed by atoms with Gasteiger partial charge >= 0.3 is 5.97 Å². The van der Waals surface area contributed by atoms with Gasteiger partial charge in [-0.3, -0.25) is 9.36 Å². The highest BCUT2D eigenvalue weighted by atomic mass is 19.1. The number of piperidine rings is 1. The van der Waals surface area contributed by atoms with Crippen LogP contribution in [0.2, 0.25) is 0 Å². The Morgan fingerprint density at radius 1 is 1.12 bits per heavy atom. The quantitative estimate of drug-likeness (QED) is 0.625. The molecule has 1 aliphatic heterocycles. The fourth-order valence-electron chi connectivity index (χ4n) is 5.26. The molecule has 7 nitrogen and oxygen atoms in total. The lowest BCUT2D eigenvalue weighted by Crippen LogP contribution is -2.52. The lowest BCUT2D eigenvalue weighted by Gasteiger charge is -2.51. The molecule has 0 unspecified atom stereocenters. The Hall–Kier alpha value is -3.40. The number of hydrogen-bond acceptors (Lipinski definition) is 5. The van der Waals surface area contributed by atoms with Crippen LogP contribution in [0.5, 0.6) is 0 Å². The molecule has 1 saturated carbocycles. The SMILES string of the molecule is NC1CC2(CCN(c3c(C(=O)O)c(=O)c4cc(F)cnc4n3-c3ccc(F)cc3F)CC2)C1. The van der Waals surface area contributed by atoms with E-state index >= 15 is 0 Å². The van der Waals surface area contributed by atoms with Crippen LogP contribution in [0.4, 0.5) is 19.0 Å². The van der Waals surface area contributed by atoms with E-state index in [9.17, 15) is 27.9 Å². The van der Waals surface area contributed by atoms with Gasteiger partial charge in [-0.1, -0.05) is 0 Å². The number of aromatic carboxylic acids is 1. The van der Waals surface area contributed by atoms with Gasteiger partial charge < -0.3 is 15.7 Å². The highest BCUT2D eigenvalue weighted by molar-refractivity contribution is 5.98. The summed E-state index contributed by atoms with van der Waals surface area (Å²) in [6.07, 6.45) is 4.09. The maximum Gasteiger partial charge on any atom is 0.343 e. The Balaban J connectivity index is 1.78. The van der Waals surface area contributed by atoms with Gasteiger partial charge in [-0.25, -0.2) is 22.9 Å². The molecule has 3 heterocycles. The number of halogens is 3. The normalized spacial score (nSPS) is 18.0. The van der Waals surface area contributed by atoms with Crippen LogP contribution >= 0.6 is 0 Å². The Morgan fingerprint density at radius 2 is 1.82 bits per heavy atom. The van der Waals surface area contributed by atoms with Gasteiger partial charge in [0.25, 0.3) is 0 Å². The van der Waals surface area contributed by atoms with E-state index < -0.39 is 34.4 Å². The summed E-state index contributed by atoms with van der Waals surface area (Å²) < 4.78 is 43.7. The Labute approximate surface area is 186 Å². The number of carboxylic acid groups (broad SMARTS) is 1. The minimum atomic E-state index is -1.52. The van der Waals surface area contributed by atoms with E-state index in [4.69, 9.17) is 5.73 Å². The second-order valence-corrected chi connectivity index (χ2v) is 8.94. The van der Waals surface area contributed by atoms with E-state index in [1.54, 1.807) is 4.90 Å². The van der Waals surface area contributed by atoms with Crippen molar-refractivity contribution in [3.8, 4) is 5.69 Å². The van der Waals surface area contributed by atoms with Gasteiger partial charge in [-0.05, 0) is 49.3 Å². The van der Waals surface area contributed by atoms with Gasteiger partial charge in [0.1, 0.15) is 34.5 Å². The summed E-state index contributed by atoms with van der Waals surface area (Å²) >= 11 is 0. The Bertz CT molecular complexity index is 1340. The molecule has 33 heavy (non-hydrogen) atoms. The van der Waals surface area contributed by atoms with Crippen LogP contribution in [-0.2, 0) is 0 Å². The van der Waals surface area contributed by atoms with Crippen LogP contribution in [0, 0.1) is 22.9 Å². The molecule has 10 heteroatoms. The van der Waals surface area contributed by atoms with Crippen molar-refractivity contribution < 1.29 is 23.1 Å². The topological polar surface area (TPSA) is 101 Å². The van der Waals surface area contributed by atoms with E-state index in [0.717, 1.165) is 50.1 Å². The van der Waals surface area contributed by atoms with E-state index in [-0.39, 0.29) is 34.0 Å². The van der Waals surface area contributed by atoms with Crippen LogP contribution in [0.3, 0.4) is 0 Å². The number of aromatic nitrogens is 2. The summed E-state index contributed by atoms with van der Waals surface area (Å²) in [5, 5.41) is 9.65. The van der Waals surface area contributed by atoms with E-state index in [2.05, 4.69) is 4.98 Å². The van der Waals surface area contributed by atoms with Gasteiger partial charge in [-0.2, -0.15) is 0 Å². The third kappa shape index (κ3) is 3.45. The molecular weight excluding hydrogens is 437 g/mol. The minimum absolute atomic E-state index is 0.0527. The first-order chi connectivity index (χ1) is 15.7. The monoisotopic (exact) mass is 458 g/mol. The molecule has 0 bridgehead atoms. The minimum Gasteiger partial charge on any atom is -0.477 e. The number of carbonyl (C=O) groups is 1. The van der Waals surface area contributed by atoms with E-state index in [0.29, 0.717) is 19.2 Å². The number of anilines is 1. The molecule has 2 aromatic heterocycles. The number of nitrogens with zero attached hydrogens (tertiary/aromatic N) is 3. The molecular formula is C23H21F3N4O3. The standard InChI is InChI=1S/C23H21F3N4O3/c24-12-1-2-17(16(26)8-12)30-20-15(7-13(25)11-28-20)19(31)18(22(32)33)21(30)29-5-3-23(4-6-29)9-14(27)10-23/h1-2,7-8,11,14H,3-6,9-10,27H2,(H,32,33). The number of carboxylic acids is 1. The van der Waals surface area contributed by atoms with Crippen molar-refractivity contribution in [3.05, 3.63) is 63.7 Å². The van der Waals surface area contributed by atoms with Gasteiger partial charge in [0.2, 0.25) is 5.43 Å². The highest BCUT2D eigenvalue weighted by Gasteiger charge is 2.45. The summed E-state index contributed by atoms with van der Waals surface area (Å²) in [4.78, 5) is 31.1. The molecule has 1 spiro atoms. The first-order valence-electron chi connectivity index (χ1n) is 10.6. The maximum atomic E-state index is 14.9. The molecule has 3 aromatic rings. The first kappa shape index (κ1) is 21.4. The lowest BCUT2D eigenvalue weighted by molar-refractivity contribution is 0.0685. The Kier molecular flexibility index (Phi) is 4.93. The second-order valence-electron chi connectivity index (χ2n) is 8.94.